The Hall–Kier alpha value is -3.34. The molecule has 0 aliphatic carbocycles. The van der Waals surface area contributed by atoms with Crippen molar-refractivity contribution in [3.63, 3.8) is 0 Å². The number of nitrogens with one attached hydrogen (secondary N) is 2. The van der Waals surface area contributed by atoms with Crippen molar-refractivity contribution in [2.75, 3.05) is 10.6 Å². The number of phenolic OH excluding ortho intramolecular Hbond substituents is 1. The molecule has 0 saturated heterocycles. The molecule has 5 heteroatoms. The zero-order valence-electron chi connectivity index (χ0n) is 13.0. The summed E-state index contributed by atoms with van der Waals surface area (Å²) in [5.74, 6) is -0.620. The third kappa shape index (κ3) is 3.20. The molecule has 3 N–H and O–H groups in total. The lowest BCUT2D eigenvalue weighted by Gasteiger charge is -2.10. The van der Waals surface area contributed by atoms with E-state index in [0.717, 1.165) is 5.39 Å². The van der Waals surface area contributed by atoms with Gasteiger partial charge in [0, 0.05) is 18.3 Å². The maximum Gasteiger partial charge on any atom is 0.260 e. The summed E-state index contributed by atoms with van der Waals surface area (Å²) in [6.45, 7) is 1.43. The first-order chi connectivity index (χ1) is 11.5. The van der Waals surface area contributed by atoms with E-state index in [1.165, 1.54) is 13.0 Å². The molecule has 0 unspecified atom stereocenters. The molecule has 2 amide bonds. The van der Waals surface area contributed by atoms with Crippen LogP contribution in [0, 0.1) is 0 Å². The first-order valence-electron chi connectivity index (χ1n) is 7.44. The van der Waals surface area contributed by atoms with E-state index in [2.05, 4.69) is 10.6 Å². The van der Waals surface area contributed by atoms with Crippen molar-refractivity contribution < 1.29 is 14.7 Å². The van der Waals surface area contributed by atoms with Gasteiger partial charge in [-0.05, 0) is 41.1 Å². The summed E-state index contributed by atoms with van der Waals surface area (Å²) >= 11 is 0. The average molecular weight is 320 g/mol. The quantitative estimate of drug-likeness (QED) is 0.687. The topological polar surface area (TPSA) is 78.4 Å². The molecule has 0 saturated carbocycles. The second-order valence-electron chi connectivity index (χ2n) is 5.39. The van der Waals surface area contributed by atoms with E-state index >= 15 is 0 Å². The number of hydrogen-bond donors (Lipinski definition) is 3. The van der Waals surface area contributed by atoms with Crippen LogP contribution in [0.4, 0.5) is 11.4 Å². The van der Waals surface area contributed by atoms with Gasteiger partial charge in [-0.3, -0.25) is 9.59 Å². The number of fused-ring (bicyclic) bond motifs is 1. The Kier molecular flexibility index (Phi) is 4.16. The first kappa shape index (κ1) is 15.6. The van der Waals surface area contributed by atoms with Gasteiger partial charge in [0.25, 0.3) is 5.91 Å². The molecule has 0 aliphatic heterocycles. The molecule has 0 aliphatic rings. The van der Waals surface area contributed by atoms with Crippen LogP contribution in [0.1, 0.15) is 17.3 Å². The fraction of sp³-hybridized carbons (Fsp3) is 0.0526. The fourth-order valence-electron chi connectivity index (χ4n) is 2.53. The zero-order valence-corrected chi connectivity index (χ0v) is 13.0. The minimum absolute atomic E-state index is 0.0685. The smallest absolute Gasteiger partial charge is 0.260 e. The number of phenols is 1. The maximum absolute atomic E-state index is 12.6. The number of carbonyl (C=O) groups is 2. The van der Waals surface area contributed by atoms with Gasteiger partial charge in [0.15, 0.2) is 0 Å². The number of hydrogen-bond acceptors (Lipinski definition) is 3. The lowest BCUT2D eigenvalue weighted by atomic mass is 10.0. The summed E-state index contributed by atoms with van der Waals surface area (Å²) in [6.07, 6.45) is 0. The van der Waals surface area contributed by atoms with E-state index in [4.69, 9.17) is 0 Å². The Morgan fingerprint density at radius 2 is 1.46 bits per heavy atom. The van der Waals surface area contributed by atoms with Crippen LogP contribution >= 0.6 is 0 Å². The third-order valence-electron chi connectivity index (χ3n) is 3.60. The van der Waals surface area contributed by atoms with Crippen LogP contribution in [-0.4, -0.2) is 16.9 Å². The molecule has 0 fully saturated rings. The van der Waals surface area contributed by atoms with E-state index in [9.17, 15) is 14.7 Å². The van der Waals surface area contributed by atoms with Gasteiger partial charge in [0.05, 0.1) is 5.56 Å². The van der Waals surface area contributed by atoms with Crippen molar-refractivity contribution in [1.29, 1.82) is 0 Å². The molecule has 3 aromatic rings. The van der Waals surface area contributed by atoms with Crippen LogP contribution in [-0.2, 0) is 4.79 Å². The highest BCUT2D eigenvalue weighted by Crippen LogP contribution is 2.28. The molecular weight excluding hydrogens is 304 g/mol. The van der Waals surface area contributed by atoms with Gasteiger partial charge in [-0.1, -0.05) is 30.3 Å². The van der Waals surface area contributed by atoms with Gasteiger partial charge in [-0.2, -0.15) is 0 Å². The van der Waals surface area contributed by atoms with Crippen LogP contribution in [0.5, 0.6) is 5.75 Å². The standard InChI is InChI=1S/C19H16N2O3/c1-12(22)20-14-7-9-15(10-8-14)21-19(24)18-16-5-3-2-4-13(16)6-11-17(18)23/h2-11,23H,1H3,(H,20,22)(H,21,24). The normalized spacial score (nSPS) is 10.4. The molecule has 5 nitrogen and oxygen atoms in total. The summed E-state index contributed by atoms with van der Waals surface area (Å²) < 4.78 is 0. The number of benzene rings is 3. The van der Waals surface area contributed by atoms with E-state index in [0.29, 0.717) is 16.8 Å². The zero-order chi connectivity index (χ0) is 17.1. The van der Waals surface area contributed by atoms with Gasteiger partial charge >= 0.3 is 0 Å². The second kappa shape index (κ2) is 6.42. The van der Waals surface area contributed by atoms with Crippen molar-refractivity contribution in [2.45, 2.75) is 6.92 Å². The van der Waals surface area contributed by atoms with Crippen LogP contribution < -0.4 is 10.6 Å². The SMILES string of the molecule is CC(=O)Nc1ccc(NC(=O)c2c(O)ccc3ccccc23)cc1. The van der Waals surface area contributed by atoms with E-state index < -0.39 is 5.91 Å². The minimum atomic E-state index is -0.392. The molecule has 0 spiro atoms. The molecule has 0 aromatic heterocycles. The largest absolute Gasteiger partial charge is 0.507 e. The average Bonchev–Trinajstić information content (AvgIpc) is 2.56. The van der Waals surface area contributed by atoms with E-state index in [-0.39, 0.29) is 17.2 Å². The first-order valence-corrected chi connectivity index (χ1v) is 7.44. The Bertz CT molecular complexity index is 918. The predicted molar refractivity (Wildman–Crippen MR) is 94.3 cm³/mol. The summed E-state index contributed by atoms with van der Waals surface area (Å²) in [5, 5.41) is 17.1. The van der Waals surface area contributed by atoms with E-state index in [1.54, 1.807) is 36.4 Å². The van der Waals surface area contributed by atoms with E-state index in [1.807, 2.05) is 18.2 Å². The highest BCUT2D eigenvalue weighted by Gasteiger charge is 2.15. The maximum atomic E-state index is 12.6. The second-order valence-corrected chi connectivity index (χ2v) is 5.39. The molecule has 0 bridgehead atoms. The number of rotatable bonds is 3. The molecule has 3 aromatic carbocycles. The molecule has 24 heavy (non-hydrogen) atoms. The Morgan fingerprint density at radius 3 is 2.12 bits per heavy atom. The lowest BCUT2D eigenvalue weighted by molar-refractivity contribution is -0.114. The van der Waals surface area contributed by atoms with Crippen LogP contribution in [0.2, 0.25) is 0 Å². The van der Waals surface area contributed by atoms with Crippen molar-refractivity contribution in [3.8, 4) is 5.75 Å². The summed E-state index contributed by atoms with van der Waals surface area (Å²) in [7, 11) is 0. The monoisotopic (exact) mass is 320 g/mol. The molecule has 0 radical (unpaired) electrons. The van der Waals surface area contributed by atoms with Gasteiger partial charge in [0.1, 0.15) is 5.75 Å². The van der Waals surface area contributed by atoms with Crippen LogP contribution in [0.15, 0.2) is 60.7 Å². The number of amides is 2. The third-order valence-corrected chi connectivity index (χ3v) is 3.60. The van der Waals surface area contributed by atoms with Gasteiger partial charge in [-0.25, -0.2) is 0 Å². The predicted octanol–water partition coefficient (Wildman–Crippen LogP) is 3.76. The molecule has 120 valence electrons. The Labute approximate surface area is 138 Å². The summed E-state index contributed by atoms with van der Waals surface area (Å²) in [6, 6.07) is 17.4. The minimum Gasteiger partial charge on any atom is -0.507 e. The van der Waals surface area contributed by atoms with Crippen molar-refractivity contribution >= 4 is 34.0 Å². The summed E-state index contributed by atoms with van der Waals surface area (Å²) in [5.41, 5.74) is 1.45. The van der Waals surface area contributed by atoms with Gasteiger partial charge < -0.3 is 15.7 Å². The van der Waals surface area contributed by atoms with Crippen molar-refractivity contribution in [2.24, 2.45) is 0 Å². The number of anilines is 2. The Balaban J connectivity index is 1.88. The highest BCUT2D eigenvalue weighted by atomic mass is 16.3. The number of carbonyl (C=O) groups excluding carboxylic acids is 2. The van der Waals surface area contributed by atoms with Gasteiger partial charge in [0.2, 0.25) is 5.91 Å². The van der Waals surface area contributed by atoms with Crippen molar-refractivity contribution in [1.82, 2.24) is 0 Å². The fourth-order valence-corrected chi connectivity index (χ4v) is 2.53. The molecule has 0 heterocycles. The van der Waals surface area contributed by atoms with Crippen LogP contribution in [0.25, 0.3) is 10.8 Å². The lowest BCUT2D eigenvalue weighted by Crippen LogP contribution is -2.13. The van der Waals surface area contributed by atoms with Crippen molar-refractivity contribution in [3.05, 3.63) is 66.2 Å². The Morgan fingerprint density at radius 1 is 0.833 bits per heavy atom. The summed E-state index contributed by atoms with van der Waals surface area (Å²) in [4.78, 5) is 23.6. The highest BCUT2D eigenvalue weighted by molar-refractivity contribution is 6.14. The van der Waals surface area contributed by atoms with Gasteiger partial charge in [-0.15, -0.1) is 0 Å². The number of aromatic hydroxyl groups is 1. The van der Waals surface area contributed by atoms with Crippen LogP contribution in [0.3, 0.4) is 0 Å². The molecular formula is C19H16N2O3. The molecule has 3 rings (SSSR count). The molecule has 0 atom stereocenters.